The predicted molar refractivity (Wildman–Crippen MR) is 66.9 cm³/mol. The summed E-state index contributed by atoms with van der Waals surface area (Å²) in [5.41, 5.74) is 5.77. The summed E-state index contributed by atoms with van der Waals surface area (Å²) in [7, 11) is 0. The zero-order valence-corrected chi connectivity index (χ0v) is 10.7. The van der Waals surface area contributed by atoms with Gasteiger partial charge in [-0.1, -0.05) is 6.42 Å². The monoisotopic (exact) mass is 254 g/mol. The molecule has 0 atom stereocenters. The van der Waals surface area contributed by atoms with Crippen molar-refractivity contribution in [2.45, 2.75) is 51.0 Å². The summed E-state index contributed by atoms with van der Waals surface area (Å²) >= 11 is 0. The fourth-order valence-electron chi connectivity index (χ4n) is 2.67. The summed E-state index contributed by atoms with van der Waals surface area (Å²) in [4.78, 5) is 24.7. The van der Waals surface area contributed by atoms with E-state index in [0.29, 0.717) is 19.5 Å². The highest BCUT2D eigenvalue weighted by Gasteiger charge is 2.41. The third kappa shape index (κ3) is 3.02. The lowest BCUT2D eigenvalue weighted by Gasteiger charge is -2.41. The maximum atomic E-state index is 12.3. The first-order valence-corrected chi connectivity index (χ1v) is 6.78. The maximum absolute atomic E-state index is 12.3. The molecule has 0 aromatic heterocycles. The number of carboxylic acid groups (broad SMARTS) is 1. The standard InChI is InChI=1S/C13H22N2O3/c14-9-13(5-1-6-13)8-11(16)15(10-2-3-10)7-4-12(17)18/h10H,1-9,14H2,(H,17,18). The van der Waals surface area contributed by atoms with E-state index in [2.05, 4.69) is 0 Å². The topological polar surface area (TPSA) is 83.6 Å². The molecule has 0 aromatic carbocycles. The van der Waals surface area contributed by atoms with Gasteiger partial charge in [0.05, 0.1) is 6.42 Å². The lowest BCUT2D eigenvalue weighted by Crippen LogP contribution is -2.44. The number of aliphatic carboxylic acids is 1. The van der Waals surface area contributed by atoms with Gasteiger partial charge in [0.25, 0.3) is 0 Å². The van der Waals surface area contributed by atoms with Crippen LogP contribution in [0.15, 0.2) is 0 Å². The van der Waals surface area contributed by atoms with Crippen molar-refractivity contribution in [3.63, 3.8) is 0 Å². The van der Waals surface area contributed by atoms with Crippen molar-refractivity contribution in [1.29, 1.82) is 0 Å². The first-order valence-electron chi connectivity index (χ1n) is 6.78. The molecule has 0 heterocycles. The Morgan fingerprint density at radius 2 is 2.00 bits per heavy atom. The first-order chi connectivity index (χ1) is 8.56. The van der Waals surface area contributed by atoms with Gasteiger partial charge in [-0.2, -0.15) is 0 Å². The molecular weight excluding hydrogens is 232 g/mol. The molecule has 0 aliphatic heterocycles. The molecule has 1 amide bonds. The van der Waals surface area contributed by atoms with Crippen LogP contribution in [0.4, 0.5) is 0 Å². The van der Waals surface area contributed by atoms with Gasteiger partial charge in [0, 0.05) is 19.0 Å². The molecule has 18 heavy (non-hydrogen) atoms. The summed E-state index contributed by atoms with van der Waals surface area (Å²) in [5, 5.41) is 8.72. The van der Waals surface area contributed by atoms with Crippen LogP contribution < -0.4 is 5.73 Å². The quantitative estimate of drug-likeness (QED) is 0.709. The lowest BCUT2D eigenvalue weighted by molar-refractivity contribution is -0.139. The molecule has 5 nitrogen and oxygen atoms in total. The molecule has 3 N–H and O–H groups in total. The number of amides is 1. The Bertz CT molecular complexity index is 330. The van der Waals surface area contributed by atoms with Gasteiger partial charge in [0.15, 0.2) is 0 Å². The van der Waals surface area contributed by atoms with E-state index in [-0.39, 0.29) is 23.8 Å². The molecule has 0 saturated heterocycles. The number of carboxylic acids is 1. The molecule has 0 aromatic rings. The fraction of sp³-hybridized carbons (Fsp3) is 0.846. The summed E-state index contributed by atoms with van der Waals surface area (Å²) in [6.45, 7) is 0.912. The van der Waals surface area contributed by atoms with Gasteiger partial charge >= 0.3 is 5.97 Å². The second-order valence-electron chi connectivity index (χ2n) is 5.70. The second-order valence-corrected chi connectivity index (χ2v) is 5.70. The molecule has 2 aliphatic rings. The largest absolute Gasteiger partial charge is 0.481 e. The van der Waals surface area contributed by atoms with Crippen molar-refractivity contribution in [2.24, 2.45) is 11.1 Å². The minimum atomic E-state index is -0.842. The number of nitrogens with zero attached hydrogens (tertiary/aromatic N) is 1. The highest BCUT2D eigenvalue weighted by molar-refractivity contribution is 5.78. The zero-order chi connectivity index (χ0) is 13.2. The Kier molecular flexibility index (Phi) is 3.90. The van der Waals surface area contributed by atoms with E-state index in [1.807, 2.05) is 0 Å². The zero-order valence-electron chi connectivity index (χ0n) is 10.7. The number of carbonyl (C=O) groups is 2. The molecule has 5 heteroatoms. The first kappa shape index (κ1) is 13.3. The normalized spacial score (nSPS) is 21.2. The van der Waals surface area contributed by atoms with Crippen molar-refractivity contribution in [1.82, 2.24) is 4.90 Å². The molecule has 0 unspecified atom stereocenters. The molecule has 2 saturated carbocycles. The molecule has 0 radical (unpaired) electrons. The van der Waals surface area contributed by atoms with Crippen LogP contribution in [0.1, 0.15) is 44.9 Å². The Morgan fingerprint density at radius 3 is 2.39 bits per heavy atom. The average molecular weight is 254 g/mol. The van der Waals surface area contributed by atoms with Crippen molar-refractivity contribution in [3.8, 4) is 0 Å². The molecule has 102 valence electrons. The maximum Gasteiger partial charge on any atom is 0.305 e. The van der Waals surface area contributed by atoms with E-state index in [4.69, 9.17) is 10.8 Å². The average Bonchev–Trinajstić information content (AvgIpc) is 3.07. The summed E-state index contributed by atoms with van der Waals surface area (Å²) < 4.78 is 0. The molecule has 0 spiro atoms. The Labute approximate surface area is 107 Å². The van der Waals surface area contributed by atoms with Crippen molar-refractivity contribution in [3.05, 3.63) is 0 Å². The SMILES string of the molecule is NCC1(CC(=O)N(CCC(=O)O)C2CC2)CCC1. The summed E-state index contributed by atoms with van der Waals surface area (Å²) in [6.07, 6.45) is 5.79. The van der Waals surface area contributed by atoms with Crippen LogP contribution in [0.25, 0.3) is 0 Å². The predicted octanol–water partition coefficient (Wildman–Crippen LogP) is 0.971. The highest BCUT2D eigenvalue weighted by Crippen LogP contribution is 2.44. The third-order valence-corrected chi connectivity index (χ3v) is 4.25. The van der Waals surface area contributed by atoms with E-state index >= 15 is 0 Å². The van der Waals surface area contributed by atoms with E-state index in [1.54, 1.807) is 4.90 Å². The van der Waals surface area contributed by atoms with Gasteiger partial charge in [-0.25, -0.2) is 0 Å². The number of rotatable bonds is 7. The summed E-state index contributed by atoms with van der Waals surface area (Å²) in [6, 6.07) is 0.284. The van der Waals surface area contributed by atoms with Crippen molar-refractivity contribution < 1.29 is 14.7 Å². The van der Waals surface area contributed by atoms with Crippen LogP contribution in [0.5, 0.6) is 0 Å². The summed E-state index contributed by atoms with van der Waals surface area (Å²) in [5.74, 6) is -0.741. The Morgan fingerprint density at radius 1 is 1.33 bits per heavy atom. The van der Waals surface area contributed by atoms with Gasteiger partial charge < -0.3 is 15.7 Å². The fourth-order valence-corrected chi connectivity index (χ4v) is 2.67. The minimum Gasteiger partial charge on any atom is -0.481 e. The smallest absolute Gasteiger partial charge is 0.305 e. The Hall–Kier alpha value is -1.10. The van der Waals surface area contributed by atoms with Gasteiger partial charge in [0.1, 0.15) is 0 Å². The number of hydrogen-bond acceptors (Lipinski definition) is 3. The minimum absolute atomic E-state index is 0.00739. The third-order valence-electron chi connectivity index (χ3n) is 4.25. The highest BCUT2D eigenvalue weighted by atomic mass is 16.4. The molecule has 0 bridgehead atoms. The van der Waals surface area contributed by atoms with Gasteiger partial charge in [-0.05, 0) is 37.6 Å². The number of nitrogens with two attached hydrogens (primary N) is 1. The van der Waals surface area contributed by atoms with Gasteiger partial charge in [0.2, 0.25) is 5.91 Å². The van der Waals surface area contributed by atoms with Crippen molar-refractivity contribution >= 4 is 11.9 Å². The lowest BCUT2D eigenvalue weighted by atomic mass is 9.66. The molecule has 2 rings (SSSR count). The molecule has 2 fully saturated rings. The van der Waals surface area contributed by atoms with Crippen LogP contribution in [0, 0.1) is 5.41 Å². The van der Waals surface area contributed by atoms with Crippen molar-refractivity contribution in [2.75, 3.05) is 13.1 Å². The van der Waals surface area contributed by atoms with Gasteiger partial charge in [-0.3, -0.25) is 9.59 Å². The number of hydrogen-bond donors (Lipinski definition) is 2. The number of carbonyl (C=O) groups excluding carboxylic acids is 1. The van der Waals surface area contributed by atoms with Crippen LogP contribution in [0.3, 0.4) is 0 Å². The van der Waals surface area contributed by atoms with Crippen LogP contribution in [0.2, 0.25) is 0 Å². The van der Waals surface area contributed by atoms with E-state index < -0.39 is 5.97 Å². The van der Waals surface area contributed by atoms with Crippen LogP contribution in [-0.4, -0.2) is 41.0 Å². The second kappa shape index (κ2) is 5.26. The molecule has 2 aliphatic carbocycles. The van der Waals surface area contributed by atoms with E-state index in [9.17, 15) is 9.59 Å². The van der Waals surface area contributed by atoms with Crippen LogP contribution in [-0.2, 0) is 9.59 Å². The van der Waals surface area contributed by atoms with Gasteiger partial charge in [-0.15, -0.1) is 0 Å². The molecular formula is C13H22N2O3. The van der Waals surface area contributed by atoms with E-state index in [1.165, 1.54) is 0 Å². The van der Waals surface area contributed by atoms with E-state index in [0.717, 1.165) is 32.1 Å². The Balaban J connectivity index is 1.89. The van der Waals surface area contributed by atoms with Crippen LogP contribution >= 0.6 is 0 Å².